The van der Waals surface area contributed by atoms with Crippen molar-refractivity contribution in [3.05, 3.63) is 36.0 Å². The molecule has 0 unspecified atom stereocenters. The fourth-order valence-electron chi connectivity index (χ4n) is 1.79. The number of nitrogens with zero attached hydrogens (tertiary/aromatic N) is 2. The summed E-state index contributed by atoms with van der Waals surface area (Å²) in [6, 6.07) is 3.33. The molecule has 0 aromatic carbocycles. The first-order valence-electron chi connectivity index (χ1n) is 7.16. The number of carbonyl (C=O) groups is 2. The van der Waals surface area contributed by atoms with Gasteiger partial charge in [0.05, 0.1) is 17.9 Å². The molecule has 0 bridgehead atoms. The van der Waals surface area contributed by atoms with Crippen LogP contribution in [0.15, 0.2) is 35.5 Å². The van der Waals surface area contributed by atoms with E-state index in [4.69, 9.17) is 4.74 Å². The van der Waals surface area contributed by atoms with Crippen LogP contribution in [0.2, 0.25) is 0 Å². The molecule has 0 aliphatic carbocycles. The molecule has 1 rings (SSSR count). The fraction of sp³-hybridized carbons (Fsp3) is 0.438. The molecule has 1 aromatic heterocycles. The third-order valence-corrected chi connectivity index (χ3v) is 3.78. The summed E-state index contributed by atoms with van der Waals surface area (Å²) in [7, 11) is 0. The molecule has 5 nitrogen and oxygen atoms in total. The lowest BCUT2D eigenvalue weighted by atomic mass is 10.3. The second-order valence-electron chi connectivity index (χ2n) is 4.73. The average molecular weight is 322 g/mol. The van der Waals surface area contributed by atoms with Crippen LogP contribution in [0.1, 0.15) is 31.1 Å². The number of thioether (sulfide) groups is 1. The van der Waals surface area contributed by atoms with Crippen LogP contribution < -0.4 is 0 Å². The third-order valence-electron chi connectivity index (χ3n) is 2.79. The van der Waals surface area contributed by atoms with Gasteiger partial charge in [-0.1, -0.05) is 23.9 Å². The average Bonchev–Trinajstić information content (AvgIpc) is 2.50. The number of hydrogen-bond acceptors (Lipinski definition) is 5. The van der Waals surface area contributed by atoms with Crippen molar-refractivity contribution < 1.29 is 14.3 Å². The molecule has 0 aliphatic rings. The van der Waals surface area contributed by atoms with Gasteiger partial charge >= 0.3 is 5.97 Å². The van der Waals surface area contributed by atoms with Crippen molar-refractivity contribution in [2.24, 2.45) is 0 Å². The molecule has 22 heavy (non-hydrogen) atoms. The summed E-state index contributed by atoms with van der Waals surface area (Å²) >= 11 is 1.25. The number of hydrogen-bond donors (Lipinski definition) is 0. The maximum Gasteiger partial charge on any atom is 0.340 e. The van der Waals surface area contributed by atoms with Gasteiger partial charge < -0.3 is 9.64 Å². The standard InChI is InChI=1S/C16H22N2O3S/c1-5-18(10-12(3)4)14(19)11-22-15-13(8-7-9-17-15)16(20)21-6-2/h7-9H,3,5-6,10-11H2,1-2,4H3. The number of pyridine rings is 1. The molecule has 0 spiro atoms. The van der Waals surface area contributed by atoms with E-state index in [1.54, 1.807) is 30.2 Å². The number of likely N-dealkylation sites (N-methyl/N-ethyl adjacent to an activating group) is 1. The number of rotatable bonds is 8. The zero-order valence-electron chi connectivity index (χ0n) is 13.3. The van der Waals surface area contributed by atoms with E-state index < -0.39 is 5.97 Å². The highest BCUT2D eigenvalue weighted by Crippen LogP contribution is 2.21. The summed E-state index contributed by atoms with van der Waals surface area (Å²) in [5.74, 6) is -0.194. The van der Waals surface area contributed by atoms with E-state index in [0.717, 1.165) is 5.57 Å². The summed E-state index contributed by atoms with van der Waals surface area (Å²) < 4.78 is 5.00. The van der Waals surface area contributed by atoms with E-state index in [1.165, 1.54) is 11.8 Å². The van der Waals surface area contributed by atoms with Crippen molar-refractivity contribution in [2.75, 3.05) is 25.4 Å². The molecule has 0 N–H and O–H groups in total. The van der Waals surface area contributed by atoms with E-state index in [-0.39, 0.29) is 11.7 Å². The van der Waals surface area contributed by atoms with Crippen LogP contribution in [0.3, 0.4) is 0 Å². The first-order chi connectivity index (χ1) is 10.5. The Balaban J connectivity index is 2.73. The summed E-state index contributed by atoms with van der Waals surface area (Å²) in [6.07, 6.45) is 1.60. The van der Waals surface area contributed by atoms with E-state index in [9.17, 15) is 9.59 Å². The topological polar surface area (TPSA) is 59.5 Å². The molecule has 0 saturated carbocycles. The Morgan fingerprint density at radius 3 is 2.73 bits per heavy atom. The molecule has 120 valence electrons. The molecule has 6 heteroatoms. The molecule has 0 saturated heterocycles. The highest BCUT2D eigenvalue weighted by atomic mass is 32.2. The lowest BCUT2D eigenvalue weighted by Gasteiger charge is -2.20. The number of amides is 1. The Kier molecular flexibility index (Phi) is 7.66. The van der Waals surface area contributed by atoms with Gasteiger partial charge in [0.2, 0.25) is 5.91 Å². The van der Waals surface area contributed by atoms with Crippen molar-refractivity contribution in [1.82, 2.24) is 9.88 Å². The Morgan fingerprint density at radius 1 is 1.41 bits per heavy atom. The predicted octanol–water partition coefficient (Wildman–Crippen LogP) is 2.78. The quantitative estimate of drug-likeness (QED) is 0.418. The minimum atomic E-state index is -0.417. The Bertz CT molecular complexity index is 546. The summed E-state index contributed by atoms with van der Waals surface area (Å²) in [5, 5.41) is 0.515. The molecule has 0 atom stereocenters. The maximum atomic E-state index is 12.2. The molecule has 1 amide bonds. The van der Waals surface area contributed by atoms with Crippen LogP contribution in [0.4, 0.5) is 0 Å². The van der Waals surface area contributed by atoms with Crippen molar-refractivity contribution in [1.29, 1.82) is 0 Å². The van der Waals surface area contributed by atoms with E-state index in [1.807, 2.05) is 13.8 Å². The Labute approximate surface area is 135 Å². The number of carbonyl (C=O) groups excluding carboxylic acids is 2. The zero-order chi connectivity index (χ0) is 16.5. The maximum absolute atomic E-state index is 12.2. The van der Waals surface area contributed by atoms with Gasteiger partial charge in [-0.3, -0.25) is 4.79 Å². The Morgan fingerprint density at radius 2 is 2.14 bits per heavy atom. The second kappa shape index (κ2) is 9.25. The van der Waals surface area contributed by atoms with E-state index >= 15 is 0 Å². The second-order valence-corrected chi connectivity index (χ2v) is 5.69. The van der Waals surface area contributed by atoms with E-state index in [2.05, 4.69) is 11.6 Å². The molecular weight excluding hydrogens is 300 g/mol. The van der Waals surface area contributed by atoms with Gasteiger partial charge in [-0.2, -0.15) is 0 Å². The molecule has 0 fully saturated rings. The normalized spacial score (nSPS) is 10.1. The lowest BCUT2D eigenvalue weighted by molar-refractivity contribution is -0.127. The first-order valence-corrected chi connectivity index (χ1v) is 8.15. The number of aromatic nitrogens is 1. The van der Waals surface area contributed by atoms with Crippen LogP contribution in [0.5, 0.6) is 0 Å². The molecular formula is C16H22N2O3S. The van der Waals surface area contributed by atoms with Crippen LogP contribution >= 0.6 is 11.8 Å². The molecule has 1 heterocycles. The highest BCUT2D eigenvalue weighted by molar-refractivity contribution is 8.00. The van der Waals surface area contributed by atoms with Gasteiger partial charge in [-0.15, -0.1) is 0 Å². The predicted molar refractivity (Wildman–Crippen MR) is 88.0 cm³/mol. The van der Waals surface area contributed by atoms with Crippen LogP contribution in [-0.2, 0) is 9.53 Å². The smallest absolute Gasteiger partial charge is 0.340 e. The van der Waals surface area contributed by atoms with Gasteiger partial charge in [0, 0.05) is 19.3 Å². The van der Waals surface area contributed by atoms with Crippen molar-refractivity contribution in [3.63, 3.8) is 0 Å². The van der Waals surface area contributed by atoms with Gasteiger partial charge in [0.25, 0.3) is 0 Å². The number of esters is 1. The number of ether oxygens (including phenoxy) is 1. The summed E-state index contributed by atoms with van der Waals surface area (Å²) in [5.41, 5.74) is 1.33. The monoisotopic (exact) mass is 322 g/mol. The fourth-order valence-corrected chi connectivity index (χ4v) is 2.68. The van der Waals surface area contributed by atoms with E-state index in [0.29, 0.717) is 30.3 Å². The Hall–Kier alpha value is -1.82. The van der Waals surface area contributed by atoms with Gasteiger partial charge in [0.1, 0.15) is 5.03 Å². The van der Waals surface area contributed by atoms with Gasteiger partial charge in [-0.25, -0.2) is 9.78 Å². The van der Waals surface area contributed by atoms with Crippen LogP contribution in [0.25, 0.3) is 0 Å². The molecule has 0 aliphatic heterocycles. The van der Waals surface area contributed by atoms with Crippen molar-refractivity contribution in [3.8, 4) is 0 Å². The minimum Gasteiger partial charge on any atom is -0.462 e. The zero-order valence-corrected chi connectivity index (χ0v) is 14.1. The molecule has 1 aromatic rings. The SMILES string of the molecule is C=C(C)CN(CC)C(=O)CSc1ncccc1C(=O)OCC. The minimum absolute atomic E-state index is 0.00374. The largest absolute Gasteiger partial charge is 0.462 e. The first kappa shape index (κ1) is 18.2. The lowest BCUT2D eigenvalue weighted by Crippen LogP contribution is -2.33. The summed E-state index contributed by atoms with van der Waals surface area (Å²) in [6.45, 7) is 10.9. The van der Waals surface area contributed by atoms with Gasteiger partial charge in [-0.05, 0) is 32.9 Å². The van der Waals surface area contributed by atoms with Gasteiger partial charge in [0.15, 0.2) is 0 Å². The van der Waals surface area contributed by atoms with Crippen molar-refractivity contribution in [2.45, 2.75) is 25.8 Å². The van der Waals surface area contributed by atoms with Crippen LogP contribution in [-0.4, -0.2) is 47.2 Å². The van der Waals surface area contributed by atoms with Crippen molar-refractivity contribution >= 4 is 23.6 Å². The molecule has 0 radical (unpaired) electrons. The highest BCUT2D eigenvalue weighted by Gasteiger charge is 2.17. The summed E-state index contributed by atoms with van der Waals surface area (Å²) in [4.78, 5) is 30.0. The van der Waals surface area contributed by atoms with Crippen LogP contribution in [0, 0.1) is 0 Å². The third kappa shape index (κ3) is 5.52.